The Morgan fingerprint density at radius 3 is 2.89 bits per heavy atom. The van der Waals surface area contributed by atoms with Crippen molar-refractivity contribution in [1.82, 2.24) is 9.78 Å². The number of hydrogen-bond donors (Lipinski definition) is 1. The van der Waals surface area contributed by atoms with Crippen LogP contribution in [-0.2, 0) is 6.54 Å². The molecule has 0 saturated carbocycles. The summed E-state index contributed by atoms with van der Waals surface area (Å²) in [6.45, 7) is 2.52. The van der Waals surface area contributed by atoms with E-state index in [1.54, 1.807) is 0 Å². The minimum Gasteiger partial charge on any atom is -0.477 e. The van der Waals surface area contributed by atoms with Crippen molar-refractivity contribution in [2.24, 2.45) is 0 Å². The van der Waals surface area contributed by atoms with E-state index in [2.05, 4.69) is 5.10 Å². The topological polar surface area (TPSA) is 55.1 Å². The lowest BCUT2D eigenvalue weighted by atomic mass is 10.3. The lowest BCUT2D eigenvalue weighted by Gasteiger charge is -1.99. The first kappa shape index (κ1) is 12.9. The van der Waals surface area contributed by atoms with Crippen LogP contribution in [0.3, 0.4) is 0 Å². The van der Waals surface area contributed by atoms with E-state index in [0.29, 0.717) is 11.4 Å². The molecule has 1 N–H and O–H groups in total. The quantitative estimate of drug-likeness (QED) is 0.907. The average Bonchev–Trinajstić information content (AvgIpc) is 2.84. The molecule has 0 aliphatic rings. The Hall–Kier alpha value is -1.50. The van der Waals surface area contributed by atoms with Gasteiger partial charge >= 0.3 is 5.97 Å². The Labute approximate surface area is 106 Å². The number of aromatic nitrogens is 2. The van der Waals surface area contributed by atoms with Crippen LogP contribution in [0.25, 0.3) is 10.2 Å². The maximum atomic E-state index is 12.8. The van der Waals surface area contributed by atoms with E-state index in [1.165, 1.54) is 10.7 Å². The molecule has 2 aromatic heterocycles. The van der Waals surface area contributed by atoms with E-state index >= 15 is 0 Å². The molecule has 0 atom stereocenters. The Bertz CT molecular complexity index is 577. The van der Waals surface area contributed by atoms with Gasteiger partial charge in [0, 0.05) is 11.9 Å². The zero-order valence-corrected chi connectivity index (χ0v) is 10.5. The number of aryl methyl sites for hydroxylation is 1. The molecule has 0 aromatic carbocycles. The van der Waals surface area contributed by atoms with E-state index in [-0.39, 0.29) is 16.0 Å². The van der Waals surface area contributed by atoms with Crippen LogP contribution in [0.1, 0.15) is 41.6 Å². The molecule has 0 bridgehead atoms. The molecule has 0 radical (unpaired) electrons. The van der Waals surface area contributed by atoms with Crippen LogP contribution in [0, 0.1) is 0 Å². The van der Waals surface area contributed by atoms with Gasteiger partial charge in [-0.25, -0.2) is 13.6 Å². The van der Waals surface area contributed by atoms with Gasteiger partial charge in [-0.1, -0.05) is 13.3 Å². The summed E-state index contributed by atoms with van der Waals surface area (Å²) < 4.78 is 27.1. The van der Waals surface area contributed by atoms with Crippen molar-refractivity contribution in [2.45, 2.75) is 32.7 Å². The Morgan fingerprint density at radius 1 is 1.61 bits per heavy atom. The standard InChI is InChI=1S/C11H12F2N2O2S/c1-2-3-4-15-10-6(8(14-15)9(12)13)5-7(18-10)11(16)17/h5,9H,2-4H2,1H3,(H,16,17). The molecule has 0 saturated heterocycles. The molecule has 0 amide bonds. The van der Waals surface area contributed by atoms with Crippen LogP contribution >= 0.6 is 11.3 Å². The number of alkyl halides is 2. The Morgan fingerprint density at radius 2 is 2.33 bits per heavy atom. The number of carboxylic acids is 1. The van der Waals surface area contributed by atoms with Gasteiger partial charge in [0.25, 0.3) is 6.43 Å². The highest BCUT2D eigenvalue weighted by Crippen LogP contribution is 2.33. The van der Waals surface area contributed by atoms with E-state index < -0.39 is 12.4 Å². The smallest absolute Gasteiger partial charge is 0.345 e. The van der Waals surface area contributed by atoms with Crippen LogP contribution in [0.4, 0.5) is 8.78 Å². The van der Waals surface area contributed by atoms with Crippen molar-refractivity contribution in [2.75, 3.05) is 0 Å². The number of hydrogen-bond acceptors (Lipinski definition) is 3. The number of nitrogens with zero attached hydrogens (tertiary/aromatic N) is 2. The zero-order chi connectivity index (χ0) is 13.3. The van der Waals surface area contributed by atoms with Gasteiger partial charge in [-0.15, -0.1) is 11.3 Å². The van der Waals surface area contributed by atoms with E-state index in [1.807, 2.05) is 6.92 Å². The second-order valence-corrected chi connectivity index (χ2v) is 4.93. The second kappa shape index (κ2) is 5.01. The molecule has 0 unspecified atom stereocenters. The highest BCUT2D eigenvalue weighted by atomic mass is 32.1. The van der Waals surface area contributed by atoms with Gasteiger partial charge in [-0.2, -0.15) is 5.10 Å². The first-order valence-corrected chi connectivity index (χ1v) is 6.38. The normalized spacial score (nSPS) is 11.6. The second-order valence-electron chi connectivity index (χ2n) is 3.90. The van der Waals surface area contributed by atoms with Gasteiger partial charge in [0.15, 0.2) is 0 Å². The fourth-order valence-corrected chi connectivity index (χ4v) is 2.70. The predicted octanol–water partition coefficient (Wildman–Crippen LogP) is 3.53. The highest BCUT2D eigenvalue weighted by Gasteiger charge is 2.22. The average molecular weight is 274 g/mol. The molecule has 0 aliphatic heterocycles. The van der Waals surface area contributed by atoms with Crippen molar-refractivity contribution in [1.29, 1.82) is 0 Å². The molecule has 7 heteroatoms. The van der Waals surface area contributed by atoms with Crippen molar-refractivity contribution in [3.05, 3.63) is 16.6 Å². The van der Waals surface area contributed by atoms with E-state index in [9.17, 15) is 13.6 Å². The maximum Gasteiger partial charge on any atom is 0.345 e. The third kappa shape index (κ3) is 2.22. The Kier molecular flexibility index (Phi) is 3.60. The number of aromatic carboxylic acids is 1. The van der Waals surface area contributed by atoms with Crippen LogP contribution in [0.5, 0.6) is 0 Å². The molecular formula is C11H12F2N2O2S. The van der Waals surface area contributed by atoms with Crippen molar-refractivity contribution in [3.8, 4) is 0 Å². The number of carbonyl (C=O) groups is 1. The van der Waals surface area contributed by atoms with Crippen molar-refractivity contribution >= 4 is 27.5 Å². The van der Waals surface area contributed by atoms with Crippen LogP contribution < -0.4 is 0 Å². The molecule has 98 valence electrons. The first-order valence-electron chi connectivity index (χ1n) is 5.56. The summed E-state index contributed by atoms with van der Waals surface area (Å²) in [6, 6.07) is 1.28. The summed E-state index contributed by atoms with van der Waals surface area (Å²) in [4.78, 5) is 11.4. The number of unbranched alkanes of at least 4 members (excludes halogenated alkanes) is 1. The molecule has 18 heavy (non-hydrogen) atoms. The minimum absolute atomic E-state index is 0.0644. The van der Waals surface area contributed by atoms with Crippen molar-refractivity contribution in [3.63, 3.8) is 0 Å². The molecule has 0 spiro atoms. The first-order chi connectivity index (χ1) is 8.54. The maximum absolute atomic E-state index is 12.8. The lowest BCUT2D eigenvalue weighted by Crippen LogP contribution is -2.00. The third-order valence-electron chi connectivity index (χ3n) is 2.59. The number of fused-ring (bicyclic) bond motifs is 1. The number of carboxylic acid groups (broad SMARTS) is 1. The fraction of sp³-hybridized carbons (Fsp3) is 0.455. The number of halogens is 2. The molecule has 2 rings (SSSR count). The zero-order valence-electron chi connectivity index (χ0n) is 9.69. The summed E-state index contributed by atoms with van der Waals surface area (Å²) in [7, 11) is 0. The highest BCUT2D eigenvalue weighted by molar-refractivity contribution is 7.20. The summed E-state index contributed by atoms with van der Waals surface area (Å²) in [5, 5.41) is 13.0. The number of rotatable bonds is 5. The summed E-state index contributed by atoms with van der Waals surface area (Å²) in [5.41, 5.74) is -0.329. The lowest BCUT2D eigenvalue weighted by molar-refractivity contribution is 0.0702. The predicted molar refractivity (Wildman–Crippen MR) is 64.4 cm³/mol. The van der Waals surface area contributed by atoms with Gasteiger partial charge in [0.05, 0.1) is 0 Å². The fourth-order valence-electron chi connectivity index (χ4n) is 1.71. The molecule has 4 nitrogen and oxygen atoms in total. The van der Waals surface area contributed by atoms with Crippen LogP contribution in [0.2, 0.25) is 0 Å². The summed E-state index contributed by atoms with van der Waals surface area (Å²) in [6.07, 6.45) is -0.950. The van der Waals surface area contributed by atoms with E-state index in [0.717, 1.165) is 24.2 Å². The monoisotopic (exact) mass is 274 g/mol. The van der Waals surface area contributed by atoms with Gasteiger partial charge in [0.1, 0.15) is 15.4 Å². The Balaban J connectivity index is 2.53. The van der Waals surface area contributed by atoms with Crippen LogP contribution in [-0.4, -0.2) is 20.9 Å². The molecular weight excluding hydrogens is 262 g/mol. The molecule has 2 aromatic rings. The largest absolute Gasteiger partial charge is 0.477 e. The molecule has 2 heterocycles. The summed E-state index contributed by atoms with van der Waals surface area (Å²) in [5.74, 6) is -1.10. The summed E-state index contributed by atoms with van der Waals surface area (Å²) >= 11 is 0.988. The van der Waals surface area contributed by atoms with Gasteiger partial charge in [-0.3, -0.25) is 4.68 Å². The van der Waals surface area contributed by atoms with Gasteiger partial charge < -0.3 is 5.11 Å². The van der Waals surface area contributed by atoms with Crippen molar-refractivity contribution < 1.29 is 18.7 Å². The van der Waals surface area contributed by atoms with Crippen LogP contribution in [0.15, 0.2) is 6.07 Å². The third-order valence-corrected chi connectivity index (χ3v) is 3.73. The minimum atomic E-state index is -2.69. The van der Waals surface area contributed by atoms with Gasteiger partial charge in [-0.05, 0) is 12.5 Å². The molecule has 0 aliphatic carbocycles. The molecule has 0 fully saturated rings. The SMILES string of the molecule is CCCCn1nc(C(F)F)c2cc(C(=O)O)sc21. The van der Waals surface area contributed by atoms with Gasteiger partial charge in [0.2, 0.25) is 0 Å². The number of thiophene rings is 1. The van der Waals surface area contributed by atoms with E-state index in [4.69, 9.17) is 5.11 Å².